The van der Waals surface area contributed by atoms with Gasteiger partial charge in [-0.2, -0.15) is 5.10 Å². The molecule has 0 radical (unpaired) electrons. The molecule has 1 unspecified atom stereocenters. The van der Waals surface area contributed by atoms with Crippen LogP contribution < -0.4 is 5.32 Å². The average molecular weight is 359 g/mol. The molecule has 0 aliphatic rings. The number of hydrogen-bond donors (Lipinski definition) is 1. The Bertz CT molecular complexity index is 451. The maximum Gasteiger partial charge on any atom is 0.0766 e. The fraction of sp³-hybridized carbons (Fsp3) is 0.812. The van der Waals surface area contributed by atoms with Crippen molar-refractivity contribution in [3.8, 4) is 0 Å². The predicted octanol–water partition coefficient (Wildman–Crippen LogP) is 3.09. The molecule has 0 fully saturated rings. The zero-order valence-corrected chi connectivity index (χ0v) is 16.2. The lowest BCUT2D eigenvalue weighted by atomic mass is 9.89. The third kappa shape index (κ3) is 4.08. The van der Waals surface area contributed by atoms with E-state index in [4.69, 9.17) is 5.10 Å². The molecule has 5 heteroatoms. The van der Waals surface area contributed by atoms with Gasteiger partial charge >= 0.3 is 0 Å². The number of aryl methyl sites for hydroxylation is 2. The normalized spacial score (nSPS) is 14.0. The first-order chi connectivity index (χ1) is 9.79. The van der Waals surface area contributed by atoms with Gasteiger partial charge in [-0.3, -0.25) is 4.68 Å². The van der Waals surface area contributed by atoms with Crippen molar-refractivity contribution in [2.24, 2.45) is 0 Å². The summed E-state index contributed by atoms with van der Waals surface area (Å²) in [6.07, 6.45) is 1.93. The van der Waals surface area contributed by atoms with Gasteiger partial charge in [-0.1, -0.05) is 13.8 Å². The van der Waals surface area contributed by atoms with E-state index in [1.165, 1.54) is 10.2 Å². The summed E-state index contributed by atoms with van der Waals surface area (Å²) in [4.78, 5) is 2.29. The Morgan fingerprint density at radius 2 is 1.90 bits per heavy atom. The van der Waals surface area contributed by atoms with Gasteiger partial charge in [0.1, 0.15) is 0 Å². The smallest absolute Gasteiger partial charge is 0.0766 e. The molecule has 0 saturated heterocycles. The van der Waals surface area contributed by atoms with Crippen molar-refractivity contribution in [2.75, 3.05) is 20.6 Å². The molecule has 122 valence electrons. The molecule has 0 amide bonds. The van der Waals surface area contributed by atoms with Crippen molar-refractivity contribution in [1.82, 2.24) is 20.0 Å². The number of halogens is 1. The SMILES string of the molecule is CCNC(Cc1c(Br)c(CC)nn1CC)C(C)(C)N(C)C. The Hall–Kier alpha value is -0.390. The van der Waals surface area contributed by atoms with Crippen LogP contribution in [0, 0.1) is 0 Å². The van der Waals surface area contributed by atoms with Crippen LogP contribution in [0.25, 0.3) is 0 Å². The zero-order valence-electron chi connectivity index (χ0n) is 14.6. The third-order valence-corrected chi connectivity index (χ3v) is 5.46. The number of likely N-dealkylation sites (N-methyl/N-ethyl adjacent to an activating group) is 2. The molecular formula is C16H31BrN4. The molecule has 0 aliphatic heterocycles. The predicted molar refractivity (Wildman–Crippen MR) is 93.9 cm³/mol. The average Bonchev–Trinajstić information content (AvgIpc) is 2.74. The highest BCUT2D eigenvalue weighted by Crippen LogP contribution is 2.27. The van der Waals surface area contributed by atoms with Crippen LogP contribution >= 0.6 is 15.9 Å². The molecule has 1 atom stereocenters. The van der Waals surface area contributed by atoms with Crippen molar-refractivity contribution in [2.45, 2.75) is 65.6 Å². The first-order valence-corrected chi connectivity index (χ1v) is 8.73. The van der Waals surface area contributed by atoms with Gasteiger partial charge < -0.3 is 10.2 Å². The lowest BCUT2D eigenvalue weighted by Crippen LogP contribution is -2.56. The van der Waals surface area contributed by atoms with Gasteiger partial charge in [0.2, 0.25) is 0 Å². The Morgan fingerprint density at radius 3 is 2.33 bits per heavy atom. The van der Waals surface area contributed by atoms with E-state index in [0.29, 0.717) is 6.04 Å². The molecule has 1 aromatic heterocycles. The fourth-order valence-corrected chi connectivity index (χ4v) is 3.26. The number of nitrogens with zero attached hydrogens (tertiary/aromatic N) is 3. The van der Waals surface area contributed by atoms with Crippen molar-refractivity contribution in [3.63, 3.8) is 0 Å². The minimum atomic E-state index is 0.0741. The van der Waals surface area contributed by atoms with Crippen LogP contribution in [-0.4, -0.2) is 46.9 Å². The first kappa shape index (κ1) is 18.7. The van der Waals surface area contributed by atoms with Gasteiger partial charge in [0, 0.05) is 24.5 Å². The zero-order chi connectivity index (χ0) is 16.2. The maximum atomic E-state index is 4.72. The standard InChI is InChI=1S/C16H31BrN4/c1-8-12-15(17)13(21(10-3)19-12)11-14(18-9-2)16(4,5)20(6)7/h14,18H,8-11H2,1-7H3. The van der Waals surface area contributed by atoms with Gasteiger partial charge in [0.05, 0.1) is 15.9 Å². The molecule has 21 heavy (non-hydrogen) atoms. The number of nitrogens with one attached hydrogen (secondary N) is 1. The number of aromatic nitrogens is 2. The monoisotopic (exact) mass is 358 g/mol. The summed E-state index contributed by atoms with van der Waals surface area (Å²) in [7, 11) is 4.29. The molecular weight excluding hydrogens is 328 g/mol. The van der Waals surface area contributed by atoms with Gasteiger partial charge in [0.15, 0.2) is 0 Å². The van der Waals surface area contributed by atoms with Crippen molar-refractivity contribution in [1.29, 1.82) is 0 Å². The van der Waals surface area contributed by atoms with Crippen LogP contribution in [0.1, 0.15) is 46.0 Å². The fourth-order valence-electron chi connectivity index (χ4n) is 2.54. The summed E-state index contributed by atoms with van der Waals surface area (Å²) >= 11 is 3.76. The Labute approximate surface area is 138 Å². The van der Waals surface area contributed by atoms with Crippen molar-refractivity contribution >= 4 is 15.9 Å². The van der Waals surface area contributed by atoms with E-state index >= 15 is 0 Å². The van der Waals surface area contributed by atoms with Crippen LogP contribution in [0.5, 0.6) is 0 Å². The maximum absolute atomic E-state index is 4.72. The Balaban J connectivity index is 3.12. The Morgan fingerprint density at radius 1 is 1.29 bits per heavy atom. The molecule has 1 rings (SSSR count). The molecule has 0 bridgehead atoms. The number of rotatable bonds is 8. The topological polar surface area (TPSA) is 33.1 Å². The second-order valence-corrected chi connectivity index (χ2v) is 7.03. The molecule has 0 spiro atoms. The lowest BCUT2D eigenvalue weighted by molar-refractivity contribution is 0.137. The minimum absolute atomic E-state index is 0.0741. The highest BCUT2D eigenvalue weighted by Gasteiger charge is 2.32. The summed E-state index contributed by atoms with van der Waals surface area (Å²) in [5, 5.41) is 8.37. The van der Waals surface area contributed by atoms with Crippen LogP contribution in [0.4, 0.5) is 0 Å². The summed E-state index contributed by atoms with van der Waals surface area (Å²) in [5.41, 5.74) is 2.53. The highest BCUT2D eigenvalue weighted by atomic mass is 79.9. The first-order valence-electron chi connectivity index (χ1n) is 7.94. The molecule has 1 N–H and O–H groups in total. The minimum Gasteiger partial charge on any atom is -0.312 e. The second kappa shape index (κ2) is 7.75. The summed E-state index contributed by atoms with van der Waals surface area (Å²) in [6.45, 7) is 12.9. The largest absolute Gasteiger partial charge is 0.312 e. The van der Waals surface area contributed by atoms with Crippen LogP contribution in [0.3, 0.4) is 0 Å². The van der Waals surface area contributed by atoms with Crippen molar-refractivity contribution in [3.05, 3.63) is 15.9 Å². The second-order valence-electron chi connectivity index (χ2n) is 6.24. The van der Waals surface area contributed by atoms with E-state index in [1.54, 1.807) is 0 Å². The Kier molecular flexibility index (Phi) is 6.88. The van der Waals surface area contributed by atoms with Crippen molar-refractivity contribution < 1.29 is 0 Å². The summed E-state index contributed by atoms with van der Waals surface area (Å²) < 4.78 is 3.32. The third-order valence-electron chi connectivity index (χ3n) is 4.55. The summed E-state index contributed by atoms with van der Waals surface area (Å²) in [5.74, 6) is 0. The van der Waals surface area contributed by atoms with Gasteiger partial charge in [0.25, 0.3) is 0 Å². The van der Waals surface area contributed by atoms with Crippen LogP contribution in [0.2, 0.25) is 0 Å². The van der Waals surface area contributed by atoms with Gasteiger partial charge in [-0.25, -0.2) is 0 Å². The molecule has 1 aromatic rings. The van der Waals surface area contributed by atoms with Crippen LogP contribution in [-0.2, 0) is 19.4 Å². The molecule has 1 heterocycles. The van der Waals surface area contributed by atoms with E-state index in [2.05, 4.69) is 79.5 Å². The van der Waals surface area contributed by atoms with E-state index in [9.17, 15) is 0 Å². The van der Waals surface area contributed by atoms with Crippen LogP contribution in [0.15, 0.2) is 4.47 Å². The van der Waals surface area contributed by atoms with E-state index in [0.717, 1.165) is 31.6 Å². The highest BCUT2D eigenvalue weighted by molar-refractivity contribution is 9.10. The van der Waals surface area contributed by atoms with E-state index < -0.39 is 0 Å². The number of hydrogen-bond acceptors (Lipinski definition) is 3. The lowest BCUT2D eigenvalue weighted by Gasteiger charge is -2.40. The molecule has 0 saturated carbocycles. The van der Waals surface area contributed by atoms with E-state index in [1.807, 2.05) is 0 Å². The van der Waals surface area contributed by atoms with Gasteiger partial charge in [-0.15, -0.1) is 0 Å². The van der Waals surface area contributed by atoms with Gasteiger partial charge in [-0.05, 0) is 63.8 Å². The quantitative estimate of drug-likeness (QED) is 0.774. The molecule has 0 aromatic carbocycles. The summed E-state index contributed by atoms with van der Waals surface area (Å²) in [6, 6.07) is 0.375. The van der Waals surface area contributed by atoms with E-state index in [-0.39, 0.29) is 5.54 Å². The molecule has 0 aliphatic carbocycles. The molecule has 4 nitrogen and oxygen atoms in total.